The number of rotatable bonds is 7. The van der Waals surface area contributed by atoms with E-state index >= 15 is 0 Å². The van der Waals surface area contributed by atoms with E-state index in [1.165, 1.54) is 17.8 Å². The van der Waals surface area contributed by atoms with Crippen LogP contribution in [0.3, 0.4) is 0 Å². The monoisotopic (exact) mass is 346 g/mol. The van der Waals surface area contributed by atoms with Crippen molar-refractivity contribution in [1.82, 2.24) is 10.2 Å². The molecule has 0 aliphatic rings. The molecule has 3 aromatic rings. The third-order valence-corrected chi connectivity index (χ3v) is 3.93. The molecule has 0 spiro atoms. The van der Waals surface area contributed by atoms with Crippen LogP contribution in [0.5, 0.6) is 11.5 Å². The highest BCUT2D eigenvalue weighted by Gasteiger charge is 2.13. The van der Waals surface area contributed by atoms with E-state index in [2.05, 4.69) is 10.2 Å². The molecule has 0 saturated heterocycles. The summed E-state index contributed by atoms with van der Waals surface area (Å²) in [6, 6.07) is 13.7. The number of nitrogens with zero attached hydrogens (tertiary/aromatic N) is 2. The van der Waals surface area contributed by atoms with Gasteiger partial charge in [-0.2, -0.15) is 0 Å². The van der Waals surface area contributed by atoms with Gasteiger partial charge in [-0.1, -0.05) is 36.0 Å². The van der Waals surface area contributed by atoms with Crippen LogP contribution in [0.4, 0.5) is 4.39 Å². The van der Waals surface area contributed by atoms with E-state index < -0.39 is 0 Å². The molecule has 124 valence electrons. The van der Waals surface area contributed by atoms with Gasteiger partial charge in [-0.05, 0) is 24.3 Å². The van der Waals surface area contributed by atoms with Gasteiger partial charge in [-0.3, -0.25) is 0 Å². The Morgan fingerprint density at radius 3 is 2.58 bits per heavy atom. The molecule has 3 rings (SSSR count). The van der Waals surface area contributed by atoms with Crippen molar-refractivity contribution in [3.05, 3.63) is 54.3 Å². The first-order chi connectivity index (χ1) is 11.8. The lowest BCUT2D eigenvalue weighted by molar-refractivity contribution is 0.324. The minimum atomic E-state index is -0.376. The van der Waals surface area contributed by atoms with Gasteiger partial charge in [0.05, 0.1) is 19.3 Å². The summed E-state index contributed by atoms with van der Waals surface area (Å²) in [4.78, 5) is 0. The van der Waals surface area contributed by atoms with E-state index in [4.69, 9.17) is 13.9 Å². The third kappa shape index (κ3) is 3.86. The van der Waals surface area contributed by atoms with Gasteiger partial charge in [-0.25, -0.2) is 4.39 Å². The molecule has 5 nitrogen and oxygen atoms in total. The molecule has 0 N–H and O–H groups in total. The van der Waals surface area contributed by atoms with Crippen molar-refractivity contribution in [2.24, 2.45) is 0 Å². The van der Waals surface area contributed by atoms with Gasteiger partial charge in [0.15, 0.2) is 11.6 Å². The smallest absolute Gasteiger partial charge is 0.276 e. The van der Waals surface area contributed by atoms with Gasteiger partial charge in [0, 0.05) is 5.75 Å². The van der Waals surface area contributed by atoms with Gasteiger partial charge in [-0.15, -0.1) is 10.2 Å². The summed E-state index contributed by atoms with van der Waals surface area (Å²) in [5, 5.41) is 8.44. The summed E-state index contributed by atoms with van der Waals surface area (Å²) in [6.45, 7) is 0.331. The summed E-state index contributed by atoms with van der Waals surface area (Å²) < 4.78 is 29.7. The fourth-order valence-corrected chi connectivity index (χ4v) is 2.62. The second kappa shape index (κ2) is 7.83. The molecule has 0 aliphatic carbocycles. The lowest BCUT2D eigenvalue weighted by atomic mass is 10.2. The molecule has 24 heavy (non-hydrogen) atoms. The van der Waals surface area contributed by atoms with E-state index in [1.54, 1.807) is 25.3 Å². The maximum Gasteiger partial charge on any atom is 0.276 e. The Morgan fingerprint density at radius 2 is 1.79 bits per heavy atom. The van der Waals surface area contributed by atoms with Crippen LogP contribution in [0, 0.1) is 5.82 Å². The second-order valence-corrected chi connectivity index (χ2v) is 5.75. The molecule has 0 amide bonds. The largest absolute Gasteiger partial charge is 0.496 e. The minimum Gasteiger partial charge on any atom is -0.496 e. The maximum absolute atomic E-state index is 13.4. The van der Waals surface area contributed by atoms with Crippen LogP contribution in [-0.4, -0.2) is 29.7 Å². The molecule has 0 atom stereocenters. The number of benzene rings is 2. The number of hydrogen-bond donors (Lipinski definition) is 0. The van der Waals surface area contributed by atoms with Crippen LogP contribution >= 0.6 is 11.8 Å². The summed E-state index contributed by atoms with van der Waals surface area (Å²) in [7, 11) is 1.59. The first-order valence-corrected chi connectivity index (χ1v) is 8.23. The first-order valence-electron chi connectivity index (χ1n) is 7.25. The van der Waals surface area contributed by atoms with Crippen molar-refractivity contribution < 1.29 is 18.3 Å². The molecular formula is C17H15FN2O3S. The Bertz CT molecular complexity index is 810. The van der Waals surface area contributed by atoms with Gasteiger partial charge in [0.25, 0.3) is 11.1 Å². The van der Waals surface area contributed by atoms with Crippen molar-refractivity contribution in [2.45, 2.75) is 5.22 Å². The van der Waals surface area contributed by atoms with E-state index in [9.17, 15) is 4.39 Å². The Morgan fingerprint density at radius 1 is 1.04 bits per heavy atom. The van der Waals surface area contributed by atoms with Crippen LogP contribution in [0.2, 0.25) is 0 Å². The molecule has 0 unspecified atom stereocenters. The second-order valence-electron chi connectivity index (χ2n) is 4.70. The van der Waals surface area contributed by atoms with E-state index in [1.807, 2.05) is 24.3 Å². The molecule has 0 saturated carbocycles. The lowest BCUT2D eigenvalue weighted by Gasteiger charge is -2.05. The number of hydrogen-bond acceptors (Lipinski definition) is 6. The standard InChI is InChI=1S/C17H15FN2O3S/c1-21-14-8-4-2-6-12(14)16-19-20-17(23-16)24-11-10-22-15-9-5-3-7-13(15)18/h2-9H,10-11H2,1H3. The normalized spacial score (nSPS) is 10.6. The maximum atomic E-state index is 13.4. The molecular weight excluding hydrogens is 331 g/mol. The highest BCUT2D eigenvalue weighted by atomic mass is 32.2. The van der Waals surface area contributed by atoms with Gasteiger partial charge in [0.2, 0.25) is 0 Å². The Balaban J connectivity index is 1.56. The molecule has 0 aliphatic heterocycles. The summed E-state index contributed by atoms with van der Waals surface area (Å²) in [5.41, 5.74) is 0.738. The number of halogens is 1. The summed E-state index contributed by atoms with van der Waals surface area (Å²) in [5.74, 6) is 1.48. The van der Waals surface area contributed by atoms with E-state index in [0.717, 1.165) is 5.56 Å². The highest BCUT2D eigenvalue weighted by molar-refractivity contribution is 7.99. The van der Waals surface area contributed by atoms with Crippen LogP contribution in [0.25, 0.3) is 11.5 Å². The predicted octanol–water partition coefficient (Wildman–Crippen LogP) is 4.06. The Hall–Kier alpha value is -2.54. The molecule has 7 heteroatoms. The summed E-state index contributed by atoms with van der Waals surface area (Å²) in [6.07, 6.45) is 0. The quantitative estimate of drug-likeness (QED) is 0.475. The zero-order valence-corrected chi connectivity index (χ0v) is 13.8. The zero-order chi connectivity index (χ0) is 16.8. The van der Waals surface area contributed by atoms with Gasteiger partial charge < -0.3 is 13.9 Å². The fourth-order valence-electron chi connectivity index (χ4n) is 2.04. The predicted molar refractivity (Wildman–Crippen MR) is 88.9 cm³/mol. The first kappa shape index (κ1) is 16.3. The van der Waals surface area contributed by atoms with Crippen LogP contribution in [-0.2, 0) is 0 Å². The SMILES string of the molecule is COc1ccccc1-c1nnc(SCCOc2ccccc2F)o1. The lowest BCUT2D eigenvalue weighted by Crippen LogP contribution is -2.01. The summed E-state index contributed by atoms with van der Waals surface area (Å²) >= 11 is 1.35. The van der Waals surface area contributed by atoms with Crippen molar-refractivity contribution in [3.8, 4) is 23.0 Å². The molecule has 1 heterocycles. The molecule has 0 fully saturated rings. The van der Waals surface area contributed by atoms with Crippen molar-refractivity contribution in [2.75, 3.05) is 19.5 Å². The number of methoxy groups -OCH3 is 1. The zero-order valence-electron chi connectivity index (χ0n) is 12.9. The van der Waals surface area contributed by atoms with Crippen LogP contribution in [0.15, 0.2) is 58.2 Å². The Labute approximate surface area is 142 Å². The average Bonchev–Trinajstić information content (AvgIpc) is 3.09. The third-order valence-electron chi connectivity index (χ3n) is 3.15. The Kier molecular flexibility index (Phi) is 5.32. The minimum absolute atomic E-state index is 0.235. The molecule has 0 bridgehead atoms. The molecule has 2 aromatic carbocycles. The topological polar surface area (TPSA) is 57.4 Å². The van der Waals surface area contributed by atoms with E-state index in [-0.39, 0.29) is 11.6 Å². The number of aromatic nitrogens is 2. The van der Waals surface area contributed by atoms with Crippen LogP contribution < -0.4 is 9.47 Å². The number of ether oxygens (including phenoxy) is 2. The number of para-hydroxylation sites is 2. The van der Waals surface area contributed by atoms with Crippen LogP contribution in [0.1, 0.15) is 0 Å². The highest BCUT2D eigenvalue weighted by Crippen LogP contribution is 2.30. The molecule has 1 aromatic heterocycles. The van der Waals surface area contributed by atoms with Crippen molar-refractivity contribution in [3.63, 3.8) is 0 Å². The van der Waals surface area contributed by atoms with Crippen molar-refractivity contribution in [1.29, 1.82) is 0 Å². The van der Waals surface area contributed by atoms with Gasteiger partial charge in [0.1, 0.15) is 5.75 Å². The number of thioether (sulfide) groups is 1. The fraction of sp³-hybridized carbons (Fsp3) is 0.176. The van der Waals surface area contributed by atoms with E-state index in [0.29, 0.717) is 29.2 Å². The van der Waals surface area contributed by atoms with Crippen molar-refractivity contribution >= 4 is 11.8 Å². The van der Waals surface area contributed by atoms with Gasteiger partial charge >= 0.3 is 0 Å². The average molecular weight is 346 g/mol. The molecule has 0 radical (unpaired) electrons.